The lowest BCUT2D eigenvalue weighted by Crippen LogP contribution is -2.52. The maximum atomic E-state index is 11.3. The lowest BCUT2D eigenvalue weighted by molar-refractivity contribution is -0.124. The van der Waals surface area contributed by atoms with E-state index >= 15 is 0 Å². The van der Waals surface area contributed by atoms with E-state index < -0.39 is 0 Å². The second kappa shape index (κ2) is 4.03. The molecule has 1 aromatic rings. The first-order valence-corrected chi connectivity index (χ1v) is 5.29. The van der Waals surface area contributed by atoms with Gasteiger partial charge in [-0.3, -0.25) is 4.79 Å². The first kappa shape index (κ1) is 10.2. The largest absolute Gasteiger partial charge is 0.352 e. The summed E-state index contributed by atoms with van der Waals surface area (Å²) in [5.74, 6) is 0.300. The first-order chi connectivity index (χ1) is 7.18. The minimum Gasteiger partial charge on any atom is -0.352 e. The molecule has 1 aromatic carbocycles. The van der Waals surface area contributed by atoms with Gasteiger partial charge >= 0.3 is 0 Å². The van der Waals surface area contributed by atoms with E-state index in [1.54, 1.807) is 0 Å². The van der Waals surface area contributed by atoms with Gasteiger partial charge in [-0.05, 0) is 18.9 Å². The van der Waals surface area contributed by atoms with Gasteiger partial charge in [0.2, 0.25) is 5.91 Å². The maximum Gasteiger partial charge on any atom is 0.237 e. The summed E-state index contributed by atoms with van der Waals surface area (Å²) < 4.78 is 0. The van der Waals surface area contributed by atoms with E-state index in [2.05, 4.69) is 17.4 Å². The highest BCUT2D eigenvalue weighted by molar-refractivity contribution is 5.83. The van der Waals surface area contributed by atoms with Crippen LogP contribution in [0.3, 0.4) is 0 Å². The van der Waals surface area contributed by atoms with E-state index in [9.17, 15) is 4.79 Å². The molecule has 0 spiro atoms. The van der Waals surface area contributed by atoms with Gasteiger partial charge in [0.1, 0.15) is 0 Å². The van der Waals surface area contributed by atoms with Crippen LogP contribution in [0.15, 0.2) is 30.3 Å². The average molecular weight is 204 g/mol. The van der Waals surface area contributed by atoms with Gasteiger partial charge in [-0.15, -0.1) is 0 Å². The number of benzene rings is 1. The molecule has 2 rings (SSSR count). The Morgan fingerprint density at radius 3 is 2.67 bits per heavy atom. The van der Waals surface area contributed by atoms with E-state index in [0.29, 0.717) is 5.92 Å². The molecule has 0 saturated carbocycles. The van der Waals surface area contributed by atoms with Gasteiger partial charge in [-0.25, -0.2) is 0 Å². The van der Waals surface area contributed by atoms with Gasteiger partial charge in [-0.2, -0.15) is 0 Å². The van der Waals surface area contributed by atoms with Crippen LogP contribution >= 0.6 is 0 Å². The predicted octanol–water partition coefficient (Wildman–Crippen LogP) is 1.01. The van der Waals surface area contributed by atoms with Crippen molar-refractivity contribution in [2.45, 2.75) is 31.3 Å². The summed E-state index contributed by atoms with van der Waals surface area (Å²) in [5, 5.41) is 2.91. The van der Waals surface area contributed by atoms with Gasteiger partial charge in [0, 0.05) is 12.0 Å². The number of nitrogens with two attached hydrogens (primary N) is 1. The molecule has 1 amide bonds. The lowest BCUT2D eigenvalue weighted by Gasteiger charge is -2.33. The number of hydrogen-bond donors (Lipinski definition) is 2. The molecular formula is C12H16N2O. The Kier molecular flexibility index (Phi) is 2.73. The lowest BCUT2D eigenvalue weighted by atomic mass is 9.83. The zero-order chi connectivity index (χ0) is 10.8. The zero-order valence-electron chi connectivity index (χ0n) is 8.81. The molecule has 1 heterocycles. The third-order valence-corrected chi connectivity index (χ3v) is 3.05. The second-order valence-electron chi connectivity index (χ2n) is 4.16. The van der Waals surface area contributed by atoms with Crippen LogP contribution in [0.4, 0.5) is 0 Å². The molecule has 1 aliphatic rings. The normalized spacial score (nSPS) is 31.1. The average Bonchev–Trinajstić information content (AvgIpc) is 2.25. The number of amides is 1. The smallest absolute Gasteiger partial charge is 0.237 e. The highest BCUT2D eigenvalue weighted by Crippen LogP contribution is 2.27. The summed E-state index contributed by atoms with van der Waals surface area (Å²) in [4.78, 5) is 11.3. The van der Waals surface area contributed by atoms with Crippen molar-refractivity contribution >= 4 is 5.91 Å². The molecular weight excluding hydrogens is 188 g/mol. The number of hydrogen-bond acceptors (Lipinski definition) is 2. The first-order valence-electron chi connectivity index (χ1n) is 5.29. The minimum atomic E-state index is -0.369. The van der Waals surface area contributed by atoms with Crippen LogP contribution < -0.4 is 11.1 Å². The maximum absolute atomic E-state index is 11.3. The van der Waals surface area contributed by atoms with Gasteiger partial charge in [0.25, 0.3) is 0 Å². The molecule has 0 aromatic heterocycles. The quantitative estimate of drug-likeness (QED) is 0.717. The Labute approximate surface area is 89.7 Å². The highest BCUT2D eigenvalue weighted by Gasteiger charge is 2.31. The van der Waals surface area contributed by atoms with Crippen molar-refractivity contribution in [1.29, 1.82) is 0 Å². The fourth-order valence-electron chi connectivity index (χ4n) is 2.14. The summed E-state index contributed by atoms with van der Waals surface area (Å²) in [6, 6.07) is 10.0. The van der Waals surface area contributed by atoms with Crippen molar-refractivity contribution in [1.82, 2.24) is 5.32 Å². The molecule has 3 N–H and O–H groups in total. The van der Waals surface area contributed by atoms with Crippen molar-refractivity contribution in [2.24, 2.45) is 5.73 Å². The molecule has 1 saturated heterocycles. The van der Waals surface area contributed by atoms with Crippen molar-refractivity contribution in [3.63, 3.8) is 0 Å². The van der Waals surface area contributed by atoms with Crippen LogP contribution in [0.1, 0.15) is 24.8 Å². The molecule has 80 valence electrons. The van der Waals surface area contributed by atoms with Crippen molar-refractivity contribution in [2.75, 3.05) is 0 Å². The zero-order valence-corrected chi connectivity index (χ0v) is 8.81. The summed E-state index contributed by atoms with van der Waals surface area (Å²) in [6.45, 7) is 2.03. The topological polar surface area (TPSA) is 55.1 Å². The van der Waals surface area contributed by atoms with Crippen LogP contribution in [0.25, 0.3) is 0 Å². The van der Waals surface area contributed by atoms with Crippen LogP contribution in [-0.4, -0.2) is 18.0 Å². The molecule has 15 heavy (non-hydrogen) atoms. The Bertz CT molecular complexity index is 350. The molecule has 1 aliphatic heterocycles. The number of nitrogens with one attached hydrogen (secondary N) is 1. The third kappa shape index (κ3) is 2.02. The van der Waals surface area contributed by atoms with Crippen LogP contribution in [0.2, 0.25) is 0 Å². The standard InChI is InChI=1S/C12H16N2O/c1-8-10(7-11(13)12(15)14-8)9-5-3-2-4-6-9/h2-6,8,10-11H,7,13H2,1H3,(H,14,15). The molecule has 0 aliphatic carbocycles. The molecule has 0 bridgehead atoms. The molecule has 3 atom stereocenters. The van der Waals surface area contributed by atoms with Crippen LogP contribution in [0, 0.1) is 0 Å². The van der Waals surface area contributed by atoms with Gasteiger partial charge in [0.15, 0.2) is 0 Å². The predicted molar refractivity (Wildman–Crippen MR) is 59.4 cm³/mol. The van der Waals surface area contributed by atoms with Gasteiger partial charge in [-0.1, -0.05) is 30.3 Å². The summed E-state index contributed by atoms with van der Waals surface area (Å²) in [7, 11) is 0. The Morgan fingerprint density at radius 2 is 2.00 bits per heavy atom. The number of carbonyl (C=O) groups is 1. The SMILES string of the molecule is CC1NC(=O)C(N)CC1c1ccccc1. The van der Waals surface area contributed by atoms with E-state index in [0.717, 1.165) is 6.42 Å². The highest BCUT2D eigenvalue weighted by atomic mass is 16.2. The van der Waals surface area contributed by atoms with Crippen molar-refractivity contribution in [3.8, 4) is 0 Å². The van der Waals surface area contributed by atoms with E-state index in [-0.39, 0.29) is 18.0 Å². The van der Waals surface area contributed by atoms with Crippen molar-refractivity contribution in [3.05, 3.63) is 35.9 Å². The van der Waals surface area contributed by atoms with E-state index in [1.807, 2.05) is 25.1 Å². The van der Waals surface area contributed by atoms with Crippen molar-refractivity contribution < 1.29 is 4.79 Å². The minimum absolute atomic E-state index is 0.0327. The fourth-order valence-corrected chi connectivity index (χ4v) is 2.14. The van der Waals surface area contributed by atoms with E-state index in [1.165, 1.54) is 5.56 Å². The number of rotatable bonds is 1. The third-order valence-electron chi connectivity index (χ3n) is 3.05. The summed E-state index contributed by atoms with van der Waals surface area (Å²) in [6.07, 6.45) is 0.733. The molecule has 3 unspecified atom stereocenters. The monoisotopic (exact) mass is 204 g/mol. The summed E-state index contributed by atoms with van der Waals surface area (Å²) >= 11 is 0. The Hall–Kier alpha value is -1.35. The van der Waals surface area contributed by atoms with E-state index in [4.69, 9.17) is 5.73 Å². The van der Waals surface area contributed by atoms with Crippen LogP contribution in [0.5, 0.6) is 0 Å². The summed E-state index contributed by atoms with van der Waals surface area (Å²) in [5.41, 5.74) is 7.01. The van der Waals surface area contributed by atoms with Gasteiger partial charge in [0.05, 0.1) is 6.04 Å². The number of carbonyl (C=O) groups excluding carboxylic acids is 1. The van der Waals surface area contributed by atoms with Crippen LogP contribution in [-0.2, 0) is 4.79 Å². The molecule has 3 heteroatoms. The second-order valence-corrected chi connectivity index (χ2v) is 4.16. The number of piperidine rings is 1. The van der Waals surface area contributed by atoms with Gasteiger partial charge < -0.3 is 11.1 Å². The Morgan fingerprint density at radius 1 is 1.33 bits per heavy atom. The fraction of sp³-hybridized carbons (Fsp3) is 0.417. The molecule has 1 fully saturated rings. The molecule has 0 radical (unpaired) electrons. The molecule has 3 nitrogen and oxygen atoms in total. The Balaban J connectivity index is 2.20.